The van der Waals surface area contributed by atoms with Crippen LogP contribution < -0.4 is 0 Å². The highest BCUT2D eigenvalue weighted by atomic mass is 16.4. The molecule has 0 aromatic carbocycles. The van der Waals surface area contributed by atoms with Crippen LogP contribution in [0.15, 0.2) is 10.5 Å². The molecule has 1 aliphatic rings. The van der Waals surface area contributed by atoms with Crippen molar-refractivity contribution in [3.8, 4) is 0 Å². The Labute approximate surface area is 108 Å². The van der Waals surface area contributed by atoms with Crippen molar-refractivity contribution >= 4 is 5.97 Å². The first kappa shape index (κ1) is 13.1. The Morgan fingerprint density at radius 3 is 2.78 bits per heavy atom. The molecule has 1 saturated carbocycles. The standard InChI is InChI=1S/C14H21NO3/c1-3-6-15(8-11-4-5-11)9-12-7-10(2)13(18-12)14(16)17/h7,11H,3-6,8-9H2,1-2H3,(H,16,17). The first-order valence-electron chi connectivity index (χ1n) is 6.65. The van der Waals surface area contributed by atoms with Crippen molar-refractivity contribution in [2.45, 2.75) is 39.7 Å². The number of aryl methyl sites for hydroxylation is 1. The molecule has 1 fully saturated rings. The molecule has 1 aliphatic carbocycles. The van der Waals surface area contributed by atoms with E-state index >= 15 is 0 Å². The third-order valence-corrected chi connectivity index (χ3v) is 3.30. The minimum absolute atomic E-state index is 0.0767. The molecule has 0 saturated heterocycles. The topological polar surface area (TPSA) is 53.7 Å². The monoisotopic (exact) mass is 251 g/mol. The van der Waals surface area contributed by atoms with Gasteiger partial charge in [-0.2, -0.15) is 0 Å². The predicted octanol–water partition coefficient (Wildman–Crippen LogP) is 2.91. The lowest BCUT2D eigenvalue weighted by Gasteiger charge is -2.19. The number of carboxylic acid groups (broad SMARTS) is 1. The molecule has 1 N–H and O–H groups in total. The minimum Gasteiger partial charge on any atom is -0.475 e. The molecule has 0 aliphatic heterocycles. The van der Waals surface area contributed by atoms with Gasteiger partial charge in [-0.05, 0) is 44.7 Å². The molecule has 0 unspecified atom stereocenters. The summed E-state index contributed by atoms with van der Waals surface area (Å²) in [7, 11) is 0. The lowest BCUT2D eigenvalue weighted by atomic mass is 10.2. The van der Waals surface area contributed by atoms with E-state index in [4.69, 9.17) is 9.52 Å². The van der Waals surface area contributed by atoms with Gasteiger partial charge in [0.15, 0.2) is 0 Å². The Kier molecular flexibility index (Phi) is 4.07. The zero-order chi connectivity index (χ0) is 13.1. The number of carbonyl (C=O) groups is 1. The largest absolute Gasteiger partial charge is 0.475 e. The van der Waals surface area contributed by atoms with Crippen LogP contribution in [0.3, 0.4) is 0 Å². The van der Waals surface area contributed by atoms with Gasteiger partial charge in [0.05, 0.1) is 6.54 Å². The first-order valence-corrected chi connectivity index (χ1v) is 6.65. The Hall–Kier alpha value is -1.29. The summed E-state index contributed by atoms with van der Waals surface area (Å²) in [5.41, 5.74) is 0.709. The van der Waals surface area contributed by atoms with Crippen LogP contribution in [0.5, 0.6) is 0 Å². The van der Waals surface area contributed by atoms with E-state index in [-0.39, 0.29) is 5.76 Å². The van der Waals surface area contributed by atoms with Gasteiger partial charge < -0.3 is 9.52 Å². The fourth-order valence-electron chi connectivity index (χ4n) is 2.28. The van der Waals surface area contributed by atoms with E-state index in [1.54, 1.807) is 6.92 Å². The third kappa shape index (κ3) is 3.35. The molecule has 18 heavy (non-hydrogen) atoms. The van der Waals surface area contributed by atoms with Crippen LogP contribution in [-0.4, -0.2) is 29.1 Å². The zero-order valence-corrected chi connectivity index (χ0v) is 11.1. The molecule has 1 heterocycles. The zero-order valence-electron chi connectivity index (χ0n) is 11.1. The highest BCUT2D eigenvalue weighted by Crippen LogP contribution is 2.30. The second-order valence-electron chi connectivity index (χ2n) is 5.21. The molecule has 0 radical (unpaired) electrons. The van der Waals surface area contributed by atoms with Gasteiger partial charge in [0.25, 0.3) is 0 Å². The van der Waals surface area contributed by atoms with Crippen LogP contribution in [0.4, 0.5) is 0 Å². The molecule has 0 bridgehead atoms. The fraction of sp³-hybridized carbons (Fsp3) is 0.643. The summed E-state index contributed by atoms with van der Waals surface area (Å²) in [6.07, 6.45) is 3.77. The molecule has 1 aromatic heterocycles. The van der Waals surface area contributed by atoms with Gasteiger partial charge in [0, 0.05) is 12.1 Å². The van der Waals surface area contributed by atoms with Crippen molar-refractivity contribution in [1.82, 2.24) is 4.90 Å². The maximum Gasteiger partial charge on any atom is 0.372 e. The fourth-order valence-corrected chi connectivity index (χ4v) is 2.28. The molecular formula is C14H21NO3. The number of carboxylic acids is 1. The smallest absolute Gasteiger partial charge is 0.372 e. The number of aromatic carboxylic acids is 1. The summed E-state index contributed by atoms with van der Waals surface area (Å²) in [5.74, 6) is 0.696. The van der Waals surface area contributed by atoms with Gasteiger partial charge in [0.1, 0.15) is 5.76 Å². The number of hydrogen-bond donors (Lipinski definition) is 1. The lowest BCUT2D eigenvalue weighted by Crippen LogP contribution is -2.26. The molecule has 1 aromatic rings. The Bertz CT molecular complexity index is 421. The Morgan fingerprint density at radius 1 is 1.56 bits per heavy atom. The van der Waals surface area contributed by atoms with Crippen LogP contribution in [-0.2, 0) is 6.54 Å². The van der Waals surface area contributed by atoms with Crippen LogP contribution in [0.25, 0.3) is 0 Å². The Balaban J connectivity index is 2.00. The van der Waals surface area contributed by atoms with Gasteiger partial charge in [0.2, 0.25) is 5.76 Å². The third-order valence-electron chi connectivity index (χ3n) is 3.30. The summed E-state index contributed by atoms with van der Waals surface area (Å²) in [6.45, 7) is 6.81. The normalized spacial score (nSPS) is 15.3. The van der Waals surface area contributed by atoms with Gasteiger partial charge in [-0.3, -0.25) is 4.90 Å². The van der Waals surface area contributed by atoms with E-state index in [0.29, 0.717) is 5.56 Å². The van der Waals surface area contributed by atoms with E-state index in [1.807, 2.05) is 6.07 Å². The average molecular weight is 251 g/mol. The summed E-state index contributed by atoms with van der Waals surface area (Å²) < 4.78 is 5.41. The molecule has 4 nitrogen and oxygen atoms in total. The van der Waals surface area contributed by atoms with E-state index in [1.165, 1.54) is 12.8 Å². The average Bonchev–Trinajstić information content (AvgIpc) is 3.01. The molecule has 100 valence electrons. The molecule has 2 rings (SSSR count). The molecule has 0 spiro atoms. The summed E-state index contributed by atoms with van der Waals surface area (Å²) >= 11 is 0. The van der Waals surface area contributed by atoms with E-state index in [9.17, 15) is 4.79 Å². The number of rotatable bonds is 7. The second-order valence-corrected chi connectivity index (χ2v) is 5.21. The molecular weight excluding hydrogens is 230 g/mol. The SMILES string of the molecule is CCCN(Cc1cc(C)c(C(=O)O)o1)CC1CC1. The van der Waals surface area contributed by atoms with Gasteiger partial charge in [-0.15, -0.1) is 0 Å². The quantitative estimate of drug-likeness (QED) is 0.809. The summed E-state index contributed by atoms with van der Waals surface area (Å²) in [6, 6.07) is 1.85. The van der Waals surface area contributed by atoms with Gasteiger partial charge in [-0.1, -0.05) is 6.92 Å². The van der Waals surface area contributed by atoms with Gasteiger partial charge >= 0.3 is 5.97 Å². The summed E-state index contributed by atoms with van der Waals surface area (Å²) in [5, 5.41) is 8.96. The van der Waals surface area contributed by atoms with E-state index in [0.717, 1.165) is 37.7 Å². The molecule has 0 amide bonds. The van der Waals surface area contributed by atoms with Crippen LogP contribution in [0, 0.1) is 12.8 Å². The molecule has 4 heteroatoms. The van der Waals surface area contributed by atoms with Crippen molar-refractivity contribution in [1.29, 1.82) is 0 Å². The van der Waals surface area contributed by atoms with Crippen LogP contribution in [0.1, 0.15) is 48.1 Å². The van der Waals surface area contributed by atoms with Crippen molar-refractivity contribution in [3.63, 3.8) is 0 Å². The minimum atomic E-state index is -0.983. The molecule has 0 atom stereocenters. The van der Waals surface area contributed by atoms with Gasteiger partial charge in [-0.25, -0.2) is 4.79 Å². The number of nitrogens with zero attached hydrogens (tertiary/aromatic N) is 1. The lowest BCUT2D eigenvalue weighted by molar-refractivity contribution is 0.0657. The maximum absolute atomic E-state index is 10.9. The highest BCUT2D eigenvalue weighted by molar-refractivity contribution is 5.86. The second kappa shape index (κ2) is 5.57. The summed E-state index contributed by atoms with van der Waals surface area (Å²) in [4.78, 5) is 13.3. The predicted molar refractivity (Wildman–Crippen MR) is 68.7 cm³/mol. The van der Waals surface area contributed by atoms with Crippen molar-refractivity contribution in [2.24, 2.45) is 5.92 Å². The van der Waals surface area contributed by atoms with Crippen LogP contribution >= 0.6 is 0 Å². The van der Waals surface area contributed by atoms with Crippen molar-refractivity contribution in [3.05, 3.63) is 23.2 Å². The van der Waals surface area contributed by atoms with Crippen molar-refractivity contribution < 1.29 is 14.3 Å². The Morgan fingerprint density at radius 2 is 2.28 bits per heavy atom. The van der Waals surface area contributed by atoms with E-state index in [2.05, 4.69) is 11.8 Å². The first-order chi connectivity index (χ1) is 8.60. The maximum atomic E-state index is 10.9. The number of hydrogen-bond acceptors (Lipinski definition) is 3. The highest BCUT2D eigenvalue weighted by Gasteiger charge is 2.25. The van der Waals surface area contributed by atoms with Crippen LogP contribution in [0.2, 0.25) is 0 Å². The number of furan rings is 1. The van der Waals surface area contributed by atoms with Crippen molar-refractivity contribution in [2.75, 3.05) is 13.1 Å². The van der Waals surface area contributed by atoms with E-state index < -0.39 is 5.97 Å².